The number of carbonyl (C=O) groups is 2. The molecule has 0 saturated carbocycles. The Kier molecular flexibility index (Phi) is 6.67. The summed E-state index contributed by atoms with van der Waals surface area (Å²) in [6.45, 7) is 6.47. The van der Waals surface area contributed by atoms with Crippen molar-refractivity contribution in [2.24, 2.45) is 5.92 Å². The van der Waals surface area contributed by atoms with Crippen LogP contribution in [0.3, 0.4) is 0 Å². The summed E-state index contributed by atoms with van der Waals surface area (Å²) in [6, 6.07) is 5.03. The van der Waals surface area contributed by atoms with E-state index >= 15 is 0 Å². The number of hydrogen-bond donors (Lipinski definition) is 1. The maximum Gasteiger partial charge on any atom is 0.253 e. The largest absolute Gasteiger partial charge is 0.342 e. The number of nitrogens with one attached hydrogen (secondary N) is 1. The average Bonchev–Trinajstić information content (AvgIpc) is 2.83. The van der Waals surface area contributed by atoms with Gasteiger partial charge in [0.05, 0.1) is 5.69 Å². The van der Waals surface area contributed by atoms with Crippen molar-refractivity contribution >= 4 is 11.8 Å². The Balaban J connectivity index is 1.46. The molecule has 0 aromatic carbocycles. The van der Waals surface area contributed by atoms with Crippen molar-refractivity contribution in [2.45, 2.75) is 51.4 Å². The van der Waals surface area contributed by atoms with Gasteiger partial charge in [0, 0.05) is 68.0 Å². The third-order valence-electron chi connectivity index (χ3n) is 6.52. The number of H-pyrrole nitrogens is 1. The lowest BCUT2D eigenvalue weighted by atomic mass is 9.92. The number of aromatic amines is 1. The molecule has 2 aliphatic rings. The predicted molar refractivity (Wildman–Crippen MR) is 120 cm³/mol. The zero-order valence-electron chi connectivity index (χ0n) is 18.8. The van der Waals surface area contributed by atoms with Gasteiger partial charge in [-0.1, -0.05) is 13.8 Å². The molecule has 2 aromatic heterocycles. The zero-order valence-corrected chi connectivity index (χ0v) is 18.8. The summed E-state index contributed by atoms with van der Waals surface area (Å²) in [6.07, 6.45) is 6.61. The molecule has 0 unspecified atom stereocenters. The summed E-state index contributed by atoms with van der Waals surface area (Å²) in [5, 5.41) is 0. The van der Waals surface area contributed by atoms with Crippen LogP contribution in [0.2, 0.25) is 0 Å². The number of hydrogen-bond acceptors (Lipinski definition) is 5. The summed E-state index contributed by atoms with van der Waals surface area (Å²) < 4.78 is 0. The summed E-state index contributed by atoms with van der Waals surface area (Å²) in [5.74, 6) is 1.05. The average molecular weight is 438 g/mol. The molecule has 4 heterocycles. The third-order valence-corrected chi connectivity index (χ3v) is 6.52. The molecule has 0 aliphatic carbocycles. The van der Waals surface area contributed by atoms with Crippen molar-refractivity contribution in [3.63, 3.8) is 0 Å². The van der Waals surface area contributed by atoms with Gasteiger partial charge in [0.1, 0.15) is 5.82 Å². The summed E-state index contributed by atoms with van der Waals surface area (Å²) >= 11 is 0. The lowest BCUT2D eigenvalue weighted by Crippen LogP contribution is -2.41. The topological polar surface area (TPSA) is 99.3 Å². The highest BCUT2D eigenvalue weighted by atomic mass is 16.2. The number of nitrogens with zero attached hydrogens (tertiary/aromatic N) is 4. The highest BCUT2D eigenvalue weighted by molar-refractivity contribution is 5.94. The first kappa shape index (κ1) is 22.2. The Morgan fingerprint density at radius 1 is 1.03 bits per heavy atom. The van der Waals surface area contributed by atoms with Gasteiger partial charge in [-0.3, -0.25) is 19.4 Å². The van der Waals surface area contributed by atoms with Crippen LogP contribution in [0.25, 0.3) is 0 Å². The first-order valence-corrected chi connectivity index (χ1v) is 11.5. The minimum Gasteiger partial charge on any atom is -0.342 e. The lowest BCUT2D eigenvalue weighted by Gasteiger charge is -2.34. The lowest BCUT2D eigenvalue weighted by molar-refractivity contribution is -0.135. The van der Waals surface area contributed by atoms with Crippen molar-refractivity contribution in [3.8, 4) is 0 Å². The van der Waals surface area contributed by atoms with E-state index in [1.54, 1.807) is 30.6 Å². The van der Waals surface area contributed by atoms with E-state index < -0.39 is 0 Å². The van der Waals surface area contributed by atoms with Crippen LogP contribution in [0.15, 0.2) is 35.4 Å². The Morgan fingerprint density at radius 3 is 2.44 bits per heavy atom. The molecule has 2 aromatic rings. The molecule has 8 nitrogen and oxygen atoms in total. The highest BCUT2D eigenvalue weighted by Crippen LogP contribution is 2.29. The van der Waals surface area contributed by atoms with E-state index in [0.717, 1.165) is 31.4 Å². The summed E-state index contributed by atoms with van der Waals surface area (Å²) in [5.41, 5.74) is 1.24. The van der Waals surface area contributed by atoms with Crippen molar-refractivity contribution in [1.82, 2.24) is 24.8 Å². The molecular formula is C24H31N5O3. The zero-order chi connectivity index (χ0) is 22.7. The monoisotopic (exact) mass is 437 g/mol. The maximum atomic E-state index is 12.9. The molecule has 2 aliphatic heterocycles. The van der Waals surface area contributed by atoms with Crippen molar-refractivity contribution in [1.29, 1.82) is 0 Å². The minimum absolute atomic E-state index is 0.00285. The Bertz CT molecular complexity index is 1010. The Hall–Kier alpha value is -3.03. The second kappa shape index (κ2) is 9.63. The van der Waals surface area contributed by atoms with Crippen molar-refractivity contribution < 1.29 is 9.59 Å². The van der Waals surface area contributed by atoms with E-state index in [0.29, 0.717) is 37.6 Å². The summed E-state index contributed by atoms with van der Waals surface area (Å²) in [7, 11) is 0. The predicted octanol–water partition coefficient (Wildman–Crippen LogP) is 2.55. The van der Waals surface area contributed by atoms with Gasteiger partial charge < -0.3 is 14.8 Å². The van der Waals surface area contributed by atoms with Crippen LogP contribution in [0.1, 0.15) is 73.2 Å². The fourth-order valence-corrected chi connectivity index (χ4v) is 4.72. The van der Waals surface area contributed by atoms with Crippen LogP contribution in [0.4, 0.5) is 0 Å². The van der Waals surface area contributed by atoms with Gasteiger partial charge in [0.25, 0.3) is 11.5 Å². The number of piperidine rings is 2. The van der Waals surface area contributed by atoms with E-state index in [1.165, 1.54) is 0 Å². The van der Waals surface area contributed by atoms with Crippen LogP contribution >= 0.6 is 0 Å². The second-order valence-corrected chi connectivity index (χ2v) is 9.14. The van der Waals surface area contributed by atoms with E-state index in [1.807, 2.05) is 23.6 Å². The minimum atomic E-state index is -0.150. The maximum absolute atomic E-state index is 12.9. The van der Waals surface area contributed by atoms with Crippen LogP contribution in [-0.2, 0) is 4.79 Å². The molecule has 32 heavy (non-hydrogen) atoms. The van der Waals surface area contributed by atoms with E-state index in [-0.39, 0.29) is 35.1 Å². The fourth-order valence-electron chi connectivity index (χ4n) is 4.72. The number of rotatable bonds is 4. The van der Waals surface area contributed by atoms with E-state index in [4.69, 9.17) is 4.98 Å². The van der Waals surface area contributed by atoms with Crippen LogP contribution in [0.5, 0.6) is 0 Å². The molecule has 170 valence electrons. The van der Waals surface area contributed by atoms with Gasteiger partial charge in [0.2, 0.25) is 5.91 Å². The van der Waals surface area contributed by atoms with E-state index in [2.05, 4.69) is 9.97 Å². The Labute approximate surface area is 188 Å². The Morgan fingerprint density at radius 2 is 1.75 bits per heavy atom. The van der Waals surface area contributed by atoms with Gasteiger partial charge >= 0.3 is 0 Å². The van der Waals surface area contributed by atoms with Crippen LogP contribution in [0, 0.1) is 5.92 Å². The smallest absolute Gasteiger partial charge is 0.253 e. The van der Waals surface area contributed by atoms with Crippen molar-refractivity contribution in [3.05, 3.63) is 58.0 Å². The number of amides is 2. The molecule has 1 N–H and O–H groups in total. The molecule has 2 amide bonds. The number of aromatic nitrogens is 3. The number of likely N-dealkylation sites (tertiary alicyclic amines) is 2. The van der Waals surface area contributed by atoms with Gasteiger partial charge in [0.15, 0.2) is 0 Å². The normalized spacial score (nSPS) is 19.9. The first-order chi connectivity index (χ1) is 15.4. The standard InChI is InChI=1S/C24H31N5O3/c1-16(2)23(31)28-12-7-17(8-13-28)22-26-20(14-21(30)27-22)19-4-3-11-29(15-19)24(32)18-5-9-25-10-6-18/h5-6,9-10,14,16-17,19H,3-4,7-8,11-13,15H2,1-2H3,(H,26,27,30)/t19-/m1/s1. The summed E-state index contributed by atoms with van der Waals surface area (Å²) in [4.78, 5) is 53.1. The molecule has 0 radical (unpaired) electrons. The number of carbonyl (C=O) groups excluding carboxylic acids is 2. The van der Waals surface area contributed by atoms with Crippen molar-refractivity contribution in [2.75, 3.05) is 26.2 Å². The highest BCUT2D eigenvalue weighted by Gasteiger charge is 2.29. The molecule has 2 saturated heterocycles. The molecule has 1 atom stereocenters. The van der Waals surface area contributed by atoms with E-state index in [9.17, 15) is 14.4 Å². The molecule has 8 heteroatoms. The quantitative estimate of drug-likeness (QED) is 0.792. The molecule has 0 spiro atoms. The molecule has 2 fully saturated rings. The van der Waals surface area contributed by atoms with Crippen LogP contribution in [-0.4, -0.2) is 62.7 Å². The van der Waals surface area contributed by atoms with Gasteiger partial charge in [-0.2, -0.15) is 0 Å². The number of pyridine rings is 1. The first-order valence-electron chi connectivity index (χ1n) is 11.5. The second-order valence-electron chi connectivity index (χ2n) is 9.14. The fraction of sp³-hybridized carbons (Fsp3) is 0.542. The van der Waals surface area contributed by atoms with Gasteiger partial charge in [-0.15, -0.1) is 0 Å². The van der Waals surface area contributed by atoms with Gasteiger partial charge in [-0.25, -0.2) is 4.98 Å². The molecular weight excluding hydrogens is 406 g/mol. The molecule has 4 rings (SSSR count). The third kappa shape index (κ3) is 4.89. The SMILES string of the molecule is CC(C)C(=O)N1CCC(c2nc([C@@H]3CCCN(C(=O)c4ccncc4)C3)cc(=O)[nH]2)CC1. The molecule has 0 bridgehead atoms. The van der Waals surface area contributed by atoms with Gasteiger partial charge in [-0.05, 0) is 37.8 Å². The van der Waals surface area contributed by atoms with Crippen LogP contribution < -0.4 is 5.56 Å².